The number of aromatic nitrogens is 4. The summed E-state index contributed by atoms with van der Waals surface area (Å²) in [4.78, 5) is 17.3. The van der Waals surface area contributed by atoms with Gasteiger partial charge in [-0.15, -0.1) is 0 Å². The number of nitrogens with one attached hydrogen (secondary N) is 1. The van der Waals surface area contributed by atoms with Crippen molar-refractivity contribution in [2.75, 3.05) is 0 Å². The van der Waals surface area contributed by atoms with Crippen molar-refractivity contribution in [3.8, 4) is 0 Å². The molecule has 1 amide bonds. The summed E-state index contributed by atoms with van der Waals surface area (Å²) in [5, 5.41) is 7.52. The van der Waals surface area contributed by atoms with Crippen molar-refractivity contribution in [1.29, 1.82) is 0 Å². The first-order valence-electron chi connectivity index (χ1n) is 8.84. The SMILES string of the molecule is CCn1cc(C(=O)NCc2nc3ccccc3n2CC)c(C(C)C)n1. The summed E-state index contributed by atoms with van der Waals surface area (Å²) >= 11 is 0. The molecule has 1 N–H and O–H groups in total. The Morgan fingerprint density at radius 1 is 1.20 bits per heavy atom. The van der Waals surface area contributed by atoms with Gasteiger partial charge in [0, 0.05) is 19.3 Å². The number of hydrogen-bond acceptors (Lipinski definition) is 3. The van der Waals surface area contributed by atoms with Crippen LogP contribution >= 0.6 is 0 Å². The smallest absolute Gasteiger partial charge is 0.255 e. The fourth-order valence-electron chi connectivity index (χ4n) is 3.07. The number of imidazole rings is 1. The Morgan fingerprint density at radius 3 is 2.64 bits per heavy atom. The van der Waals surface area contributed by atoms with Crippen LogP contribution in [0.4, 0.5) is 0 Å². The Kier molecular flexibility index (Phi) is 4.88. The van der Waals surface area contributed by atoms with Gasteiger partial charge in [0.05, 0.1) is 28.8 Å². The van der Waals surface area contributed by atoms with Crippen molar-refractivity contribution in [3.63, 3.8) is 0 Å². The fourth-order valence-corrected chi connectivity index (χ4v) is 3.07. The Morgan fingerprint density at radius 2 is 1.96 bits per heavy atom. The van der Waals surface area contributed by atoms with E-state index in [1.165, 1.54) is 0 Å². The van der Waals surface area contributed by atoms with Gasteiger partial charge >= 0.3 is 0 Å². The number of benzene rings is 1. The summed E-state index contributed by atoms with van der Waals surface area (Å²) in [5.74, 6) is 0.970. The maximum atomic E-state index is 12.7. The van der Waals surface area contributed by atoms with Gasteiger partial charge in [0.15, 0.2) is 0 Å². The normalized spacial score (nSPS) is 11.4. The van der Waals surface area contributed by atoms with Gasteiger partial charge in [0.2, 0.25) is 0 Å². The van der Waals surface area contributed by atoms with Crippen LogP contribution in [0.25, 0.3) is 11.0 Å². The summed E-state index contributed by atoms with van der Waals surface area (Å²) in [6, 6.07) is 8.03. The highest BCUT2D eigenvalue weighted by Gasteiger charge is 2.19. The van der Waals surface area contributed by atoms with E-state index in [1.807, 2.05) is 36.0 Å². The number of nitrogens with zero attached hydrogens (tertiary/aromatic N) is 4. The van der Waals surface area contributed by atoms with E-state index in [4.69, 9.17) is 0 Å². The molecule has 0 bridgehead atoms. The molecule has 3 aromatic rings. The van der Waals surface area contributed by atoms with Gasteiger partial charge in [0.1, 0.15) is 5.82 Å². The van der Waals surface area contributed by atoms with Crippen LogP contribution in [0.2, 0.25) is 0 Å². The molecule has 0 fully saturated rings. The maximum absolute atomic E-state index is 12.7. The zero-order chi connectivity index (χ0) is 18.0. The lowest BCUT2D eigenvalue weighted by Gasteiger charge is -2.08. The van der Waals surface area contributed by atoms with Crippen LogP contribution in [0.15, 0.2) is 30.5 Å². The molecule has 6 nitrogen and oxygen atoms in total. The molecule has 0 spiro atoms. The van der Waals surface area contributed by atoms with Crippen LogP contribution in [0.1, 0.15) is 55.5 Å². The molecule has 0 saturated carbocycles. The van der Waals surface area contributed by atoms with Gasteiger partial charge in [-0.3, -0.25) is 9.48 Å². The maximum Gasteiger partial charge on any atom is 0.255 e. The molecule has 0 atom stereocenters. The zero-order valence-corrected chi connectivity index (χ0v) is 15.3. The first-order valence-corrected chi connectivity index (χ1v) is 8.84. The van der Waals surface area contributed by atoms with Crippen molar-refractivity contribution in [1.82, 2.24) is 24.6 Å². The molecule has 132 valence electrons. The minimum Gasteiger partial charge on any atom is -0.345 e. The Hall–Kier alpha value is -2.63. The van der Waals surface area contributed by atoms with E-state index < -0.39 is 0 Å². The quantitative estimate of drug-likeness (QED) is 0.749. The summed E-state index contributed by atoms with van der Waals surface area (Å²) in [6.45, 7) is 10.2. The fraction of sp³-hybridized carbons (Fsp3) is 0.421. The number of para-hydroxylation sites is 2. The number of amides is 1. The van der Waals surface area contributed by atoms with Crippen LogP contribution in [-0.2, 0) is 19.6 Å². The second kappa shape index (κ2) is 7.09. The Balaban J connectivity index is 1.82. The van der Waals surface area contributed by atoms with E-state index in [-0.39, 0.29) is 11.8 Å². The van der Waals surface area contributed by atoms with Gasteiger partial charge < -0.3 is 9.88 Å². The average molecular weight is 339 g/mol. The van der Waals surface area contributed by atoms with Gasteiger partial charge in [-0.2, -0.15) is 5.10 Å². The standard InChI is InChI=1S/C19H25N5O/c1-5-23-12-14(18(22-23)13(3)4)19(25)20-11-17-21-15-9-7-8-10-16(15)24(17)6-2/h7-10,12-13H,5-6,11H2,1-4H3,(H,20,25). The molecule has 0 unspecified atom stereocenters. The monoisotopic (exact) mass is 339 g/mol. The lowest BCUT2D eigenvalue weighted by Crippen LogP contribution is -2.25. The van der Waals surface area contributed by atoms with Crippen LogP contribution in [0.5, 0.6) is 0 Å². The van der Waals surface area contributed by atoms with E-state index in [9.17, 15) is 4.79 Å². The van der Waals surface area contributed by atoms with Gasteiger partial charge in [-0.25, -0.2) is 4.98 Å². The Bertz CT molecular complexity index is 890. The average Bonchev–Trinajstić information content (AvgIpc) is 3.20. The summed E-state index contributed by atoms with van der Waals surface area (Å²) in [5.41, 5.74) is 3.53. The number of hydrogen-bond donors (Lipinski definition) is 1. The number of fused-ring (bicyclic) bond motifs is 1. The van der Waals surface area contributed by atoms with Gasteiger partial charge in [0.25, 0.3) is 5.91 Å². The third kappa shape index (κ3) is 3.29. The Labute approximate surface area is 147 Å². The predicted octanol–water partition coefficient (Wildman–Crippen LogP) is 3.33. The molecule has 1 aromatic carbocycles. The highest BCUT2D eigenvalue weighted by atomic mass is 16.1. The topological polar surface area (TPSA) is 64.7 Å². The molecule has 0 aliphatic heterocycles. The third-order valence-corrected chi connectivity index (χ3v) is 4.36. The lowest BCUT2D eigenvalue weighted by atomic mass is 10.1. The molecule has 0 saturated heterocycles. The van der Waals surface area contributed by atoms with Gasteiger partial charge in [-0.1, -0.05) is 26.0 Å². The first kappa shape index (κ1) is 17.2. The molecule has 2 aromatic heterocycles. The van der Waals surface area contributed by atoms with Crippen molar-refractivity contribution in [2.45, 2.75) is 53.2 Å². The molecule has 0 radical (unpaired) electrons. The van der Waals surface area contributed by atoms with Crippen molar-refractivity contribution < 1.29 is 4.79 Å². The molecular formula is C19H25N5O. The first-order chi connectivity index (χ1) is 12.0. The molecule has 25 heavy (non-hydrogen) atoms. The highest BCUT2D eigenvalue weighted by Crippen LogP contribution is 2.19. The second-order valence-electron chi connectivity index (χ2n) is 6.38. The zero-order valence-electron chi connectivity index (χ0n) is 15.3. The number of aryl methyl sites for hydroxylation is 2. The lowest BCUT2D eigenvalue weighted by molar-refractivity contribution is 0.0948. The van der Waals surface area contributed by atoms with Crippen LogP contribution in [-0.4, -0.2) is 25.2 Å². The van der Waals surface area contributed by atoms with Crippen molar-refractivity contribution in [3.05, 3.63) is 47.5 Å². The highest BCUT2D eigenvalue weighted by molar-refractivity contribution is 5.95. The van der Waals surface area contributed by atoms with E-state index in [2.05, 4.69) is 46.8 Å². The summed E-state index contributed by atoms with van der Waals surface area (Å²) < 4.78 is 3.94. The van der Waals surface area contributed by atoms with Crippen LogP contribution < -0.4 is 5.32 Å². The van der Waals surface area contributed by atoms with E-state index in [1.54, 1.807) is 0 Å². The van der Waals surface area contributed by atoms with E-state index >= 15 is 0 Å². The minimum absolute atomic E-state index is 0.0990. The van der Waals surface area contributed by atoms with Crippen molar-refractivity contribution in [2.24, 2.45) is 0 Å². The van der Waals surface area contributed by atoms with E-state index in [0.29, 0.717) is 12.1 Å². The van der Waals surface area contributed by atoms with Crippen LogP contribution in [0.3, 0.4) is 0 Å². The third-order valence-electron chi connectivity index (χ3n) is 4.36. The molecular weight excluding hydrogens is 314 g/mol. The predicted molar refractivity (Wildman–Crippen MR) is 98.6 cm³/mol. The summed E-state index contributed by atoms with van der Waals surface area (Å²) in [6.07, 6.45) is 1.83. The summed E-state index contributed by atoms with van der Waals surface area (Å²) in [7, 11) is 0. The molecule has 6 heteroatoms. The van der Waals surface area contributed by atoms with E-state index in [0.717, 1.165) is 35.6 Å². The molecule has 3 rings (SSSR count). The minimum atomic E-state index is -0.0990. The van der Waals surface area contributed by atoms with Gasteiger partial charge in [-0.05, 0) is 31.9 Å². The number of carbonyl (C=O) groups is 1. The largest absolute Gasteiger partial charge is 0.345 e. The van der Waals surface area contributed by atoms with Crippen molar-refractivity contribution >= 4 is 16.9 Å². The number of carbonyl (C=O) groups excluding carboxylic acids is 1. The van der Waals surface area contributed by atoms with Crippen LogP contribution in [0, 0.1) is 0 Å². The molecule has 2 heterocycles. The number of rotatable bonds is 6. The second-order valence-corrected chi connectivity index (χ2v) is 6.38. The molecule has 0 aliphatic rings. The molecule has 0 aliphatic carbocycles.